The van der Waals surface area contributed by atoms with Crippen LogP contribution in [0.15, 0.2) is 30.5 Å². The van der Waals surface area contributed by atoms with Crippen molar-refractivity contribution in [2.45, 2.75) is 51.2 Å². The van der Waals surface area contributed by atoms with E-state index in [4.69, 9.17) is 16.2 Å². The summed E-state index contributed by atoms with van der Waals surface area (Å²) in [4.78, 5) is 38.3. The van der Waals surface area contributed by atoms with Gasteiger partial charge in [-0.1, -0.05) is 12.1 Å². The van der Waals surface area contributed by atoms with E-state index in [2.05, 4.69) is 9.97 Å². The Morgan fingerprint density at radius 1 is 1.21 bits per heavy atom. The number of nitrogens with zero attached hydrogens (tertiary/aromatic N) is 4. The summed E-state index contributed by atoms with van der Waals surface area (Å²) in [6, 6.07) is 7.55. The normalized spacial score (nSPS) is 23.4. The van der Waals surface area contributed by atoms with Crippen molar-refractivity contribution in [1.29, 1.82) is 0 Å². The Kier molecular flexibility index (Phi) is 6.90. The maximum absolute atomic E-state index is 13.2. The standard InChI is InChI=1S/C24H32N6O3/c1-15-13-33-14-16(2)30(15)23(32)18-6-3-5-17(9-18)10-21-20(22(26)31)11-27-24(28-21)29-8-4-7-19(25)12-29/h3,5-6,9,11,15-16,19H,4,7-8,10,12-14,25H2,1-2H3,(H2,26,31)/t15-,16+,19-/m0/s1. The minimum Gasteiger partial charge on any atom is -0.377 e. The molecule has 2 saturated heterocycles. The Balaban J connectivity index is 1.60. The van der Waals surface area contributed by atoms with Crippen LogP contribution in [0.5, 0.6) is 0 Å². The molecule has 0 bridgehead atoms. The molecule has 0 aliphatic carbocycles. The van der Waals surface area contributed by atoms with E-state index >= 15 is 0 Å². The van der Waals surface area contributed by atoms with Crippen molar-refractivity contribution >= 4 is 17.8 Å². The van der Waals surface area contributed by atoms with E-state index in [1.807, 2.05) is 47.9 Å². The summed E-state index contributed by atoms with van der Waals surface area (Å²) in [6.07, 6.45) is 3.80. The summed E-state index contributed by atoms with van der Waals surface area (Å²) in [6.45, 7) is 6.54. The maximum atomic E-state index is 13.2. The van der Waals surface area contributed by atoms with Crippen LogP contribution in [-0.4, -0.2) is 71.1 Å². The average molecular weight is 453 g/mol. The number of aromatic nitrogens is 2. The Morgan fingerprint density at radius 2 is 1.97 bits per heavy atom. The lowest BCUT2D eigenvalue weighted by Gasteiger charge is -2.38. The SMILES string of the molecule is C[C@@H]1COC[C@H](C)N1C(=O)c1cccc(Cc2nc(N3CCC[C@H](N)C3)ncc2C(N)=O)c1. The van der Waals surface area contributed by atoms with Crippen LogP contribution in [0.1, 0.15) is 58.7 Å². The first-order chi connectivity index (χ1) is 15.8. The molecule has 3 atom stereocenters. The van der Waals surface area contributed by atoms with Crippen LogP contribution >= 0.6 is 0 Å². The van der Waals surface area contributed by atoms with Crippen LogP contribution in [0.25, 0.3) is 0 Å². The van der Waals surface area contributed by atoms with Crippen molar-refractivity contribution in [1.82, 2.24) is 14.9 Å². The molecule has 2 fully saturated rings. The van der Waals surface area contributed by atoms with Crippen LogP contribution in [-0.2, 0) is 11.2 Å². The molecule has 1 aromatic carbocycles. The van der Waals surface area contributed by atoms with Crippen molar-refractivity contribution in [2.75, 3.05) is 31.2 Å². The number of hydrogen-bond acceptors (Lipinski definition) is 7. The van der Waals surface area contributed by atoms with E-state index in [-0.39, 0.29) is 29.6 Å². The minimum absolute atomic E-state index is 0.00621. The highest BCUT2D eigenvalue weighted by atomic mass is 16.5. The largest absolute Gasteiger partial charge is 0.377 e. The van der Waals surface area contributed by atoms with Gasteiger partial charge in [0.05, 0.1) is 36.6 Å². The molecule has 2 aliphatic heterocycles. The second-order valence-electron chi connectivity index (χ2n) is 9.07. The monoisotopic (exact) mass is 452 g/mol. The maximum Gasteiger partial charge on any atom is 0.254 e. The number of carbonyl (C=O) groups is 2. The van der Waals surface area contributed by atoms with Gasteiger partial charge in [-0.05, 0) is 44.4 Å². The Hall–Kier alpha value is -3.04. The molecule has 176 valence electrons. The van der Waals surface area contributed by atoms with Gasteiger partial charge < -0.3 is 26.0 Å². The molecule has 4 N–H and O–H groups in total. The summed E-state index contributed by atoms with van der Waals surface area (Å²) in [7, 11) is 0. The van der Waals surface area contributed by atoms with E-state index in [1.54, 1.807) is 0 Å². The van der Waals surface area contributed by atoms with E-state index in [9.17, 15) is 9.59 Å². The first kappa shape index (κ1) is 23.1. The smallest absolute Gasteiger partial charge is 0.254 e. The molecule has 2 amide bonds. The second-order valence-corrected chi connectivity index (χ2v) is 9.07. The van der Waals surface area contributed by atoms with Gasteiger partial charge in [-0.15, -0.1) is 0 Å². The van der Waals surface area contributed by atoms with Gasteiger partial charge in [0.1, 0.15) is 0 Å². The third kappa shape index (κ3) is 5.15. The molecule has 2 aliphatic rings. The zero-order valence-corrected chi connectivity index (χ0v) is 19.2. The molecule has 9 nitrogen and oxygen atoms in total. The predicted molar refractivity (Wildman–Crippen MR) is 125 cm³/mol. The average Bonchev–Trinajstić information content (AvgIpc) is 2.79. The van der Waals surface area contributed by atoms with E-state index in [0.29, 0.717) is 43.4 Å². The first-order valence-electron chi connectivity index (χ1n) is 11.5. The highest BCUT2D eigenvalue weighted by molar-refractivity contribution is 5.95. The molecule has 4 rings (SSSR count). The van der Waals surface area contributed by atoms with Crippen molar-refractivity contribution in [3.8, 4) is 0 Å². The van der Waals surface area contributed by atoms with E-state index < -0.39 is 5.91 Å². The molecular weight excluding hydrogens is 420 g/mol. The number of piperidine rings is 1. The quantitative estimate of drug-likeness (QED) is 0.701. The fourth-order valence-electron chi connectivity index (χ4n) is 4.65. The van der Waals surface area contributed by atoms with Crippen molar-refractivity contribution in [3.05, 3.63) is 52.8 Å². The molecule has 9 heteroatoms. The van der Waals surface area contributed by atoms with Gasteiger partial charge in [0.2, 0.25) is 5.95 Å². The summed E-state index contributed by atoms with van der Waals surface area (Å²) >= 11 is 0. The third-order valence-electron chi connectivity index (χ3n) is 6.31. The van der Waals surface area contributed by atoms with E-state index in [1.165, 1.54) is 6.20 Å². The molecular formula is C24H32N6O3. The first-order valence-corrected chi connectivity index (χ1v) is 11.5. The van der Waals surface area contributed by atoms with Crippen LogP contribution in [0.4, 0.5) is 5.95 Å². The van der Waals surface area contributed by atoms with Gasteiger partial charge in [-0.3, -0.25) is 9.59 Å². The summed E-state index contributed by atoms with van der Waals surface area (Å²) in [5, 5.41) is 0. The number of hydrogen-bond donors (Lipinski definition) is 2. The Labute approximate surface area is 194 Å². The number of primary amides is 1. The number of carbonyl (C=O) groups excluding carboxylic acids is 2. The fraction of sp³-hybridized carbons (Fsp3) is 0.500. The Bertz CT molecular complexity index is 1020. The molecule has 0 radical (unpaired) electrons. The van der Waals surface area contributed by atoms with Crippen LogP contribution in [0, 0.1) is 0 Å². The van der Waals surface area contributed by atoms with E-state index in [0.717, 1.165) is 24.9 Å². The van der Waals surface area contributed by atoms with Gasteiger partial charge in [0, 0.05) is 37.3 Å². The number of ether oxygens (including phenoxy) is 1. The zero-order chi connectivity index (χ0) is 23.5. The second kappa shape index (κ2) is 9.84. The molecule has 1 aromatic heterocycles. The van der Waals surface area contributed by atoms with Crippen molar-refractivity contribution in [2.24, 2.45) is 11.5 Å². The van der Waals surface area contributed by atoms with Gasteiger partial charge in [-0.25, -0.2) is 9.97 Å². The minimum atomic E-state index is -0.574. The summed E-state index contributed by atoms with van der Waals surface area (Å²) in [5.41, 5.74) is 14.0. The van der Waals surface area contributed by atoms with Gasteiger partial charge in [0.25, 0.3) is 11.8 Å². The third-order valence-corrected chi connectivity index (χ3v) is 6.31. The number of rotatable bonds is 5. The fourth-order valence-corrected chi connectivity index (χ4v) is 4.65. The highest BCUT2D eigenvalue weighted by Crippen LogP contribution is 2.21. The lowest BCUT2D eigenvalue weighted by molar-refractivity contribution is -0.0249. The number of anilines is 1. The summed E-state index contributed by atoms with van der Waals surface area (Å²) < 4.78 is 5.55. The Morgan fingerprint density at radius 3 is 2.67 bits per heavy atom. The number of nitrogens with two attached hydrogens (primary N) is 2. The molecule has 33 heavy (non-hydrogen) atoms. The summed E-state index contributed by atoms with van der Waals surface area (Å²) in [5.74, 6) is -0.0515. The zero-order valence-electron chi connectivity index (χ0n) is 19.2. The molecule has 0 spiro atoms. The van der Waals surface area contributed by atoms with Crippen molar-refractivity contribution < 1.29 is 14.3 Å². The topological polar surface area (TPSA) is 128 Å². The predicted octanol–water partition coefficient (Wildman–Crippen LogP) is 1.34. The molecule has 0 unspecified atom stereocenters. The molecule has 0 saturated carbocycles. The van der Waals surface area contributed by atoms with Crippen molar-refractivity contribution in [3.63, 3.8) is 0 Å². The number of amides is 2. The lowest BCUT2D eigenvalue weighted by Crippen LogP contribution is -2.52. The van der Waals surface area contributed by atoms with Gasteiger partial charge in [0.15, 0.2) is 0 Å². The van der Waals surface area contributed by atoms with Gasteiger partial charge >= 0.3 is 0 Å². The van der Waals surface area contributed by atoms with Gasteiger partial charge in [-0.2, -0.15) is 0 Å². The van der Waals surface area contributed by atoms with Crippen LogP contribution < -0.4 is 16.4 Å². The number of benzene rings is 1. The lowest BCUT2D eigenvalue weighted by atomic mass is 10.0. The molecule has 3 heterocycles. The number of morpholine rings is 1. The highest BCUT2D eigenvalue weighted by Gasteiger charge is 2.30. The van der Waals surface area contributed by atoms with Crippen LogP contribution in [0.2, 0.25) is 0 Å². The van der Waals surface area contributed by atoms with Crippen LogP contribution in [0.3, 0.4) is 0 Å². The molecule has 2 aromatic rings.